The molecule has 15 heavy (non-hydrogen) atoms. The highest BCUT2D eigenvalue weighted by Gasteiger charge is 2.35. The summed E-state index contributed by atoms with van der Waals surface area (Å²) < 4.78 is 0. The maximum atomic E-state index is 6.29. The molecule has 1 saturated carbocycles. The van der Waals surface area contributed by atoms with Gasteiger partial charge in [-0.15, -0.1) is 0 Å². The van der Waals surface area contributed by atoms with E-state index in [1.54, 1.807) is 0 Å². The number of hydrogen-bond donors (Lipinski definition) is 1. The van der Waals surface area contributed by atoms with Crippen LogP contribution in [0, 0.1) is 0 Å². The third kappa shape index (κ3) is 2.36. The zero-order chi connectivity index (χ0) is 10.8. The zero-order valence-corrected chi connectivity index (χ0v) is 10.3. The first-order valence-corrected chi connectivity index (χ1v) is 6.73. The maximum absolute atomic E-state index is 6.29. The maximum Gasteiger partial charge on any atom is 0.0252 e. The average Bonchev–Trinajstić information content (AvgIpc) is 2.20. The van der Waals surface area contributed by atoms with E-state index in [-0.39, 0.29) is 0 Å². The predicted molar refractivity (Wildman–Crippen MR) is 64.8 cm³/mol. The Balaban J connectivity index is 2.05. The third-order valence-corrected chi connectivity index (χ3v) is 4.43. The molecule has 1 heterocycles. The second-order valence-electron chi connectivity index (χ2n) is 5.59. The SMILES string of the molecule is CC1CCCC(C)N1C1CCCCC1N. The number of rotatable bonds is 1. The first-order valence-electron chi connectivity index (χ1n) is 6.73. The molecule has 2 heteroatoms. The number of hydrogen-bond acceptors (Lipinski definition) is 2. The molecule has 0 amide bonds. The summed E-state index contributed by atoms with van der Waals surface area (Å²) in [6.07, 6.45) is 9.43. The monoisotopic (exact) mass is 210 g/mol. The van der Waals surface area contributed by atoms with E-state index in [0.29, 0.717) is 12.1 Å². The zero-order valence-electron chi connectivity index (χ0n) is 10.3. The molecule has 0 spiro atoms. The summed E-state index contributed by atoms with van der Waals surface area (Å²) in [6, 6.07) is 2.61. The first kappa shape index (κ1) is 11.4. The van der Waals surface area contributed by atoms with Gasteiger partial charge in [-0.2, -0.15) is 0 Å². The number of nitrogens with zero attached hydrogens (tertiary/aromatic N) is 1. The molecule has 2 nitrogen and oxygen atoms in total. The van der Waals surface area contributed by atoms with Crippen LogP contribution in [0.4, 0.5) is 0 Å². The lowest BCUT2D eigenvalue weighted by atomic mass is 9.85. The fourth-order valence-electron chi connectivity index (χ4n) is 3.61. The minimum atomic E-state index is 0.432. The lowest BCUT2D eigenvalue weighted by Gasteiger charge is -2.47. The van der Waals surface area contributed by atoms with Gasteiger partial charge < -0.3 is 5.73 Å². The highest BCUT2D eigenvalue weighted by Crippen LogP contribution is 2.31. The molecule has 2 fully saturated rings. The summed E-state index contributed by atoms with van der Waals surface area (Å²) in [5, 5.41) is 0. The van der Waals surface area contributed by atoms with E-state index in [4.69, 9.17) is 5.73 Å². The quantitative estimate of drug-likeness (QED) is 0.720. The lowest BCUT2D eigenvalue weighted by molar-refractivity contribution is 0.0278. The van der Waals surface area contributed by atoms with Gasteiger partial charge in [0.15, 0.2) is 0 Å². The highest BCUT2D eigenvalue weighted by atomic mass is 15.2. The largest absolute Gasteiger partial charge is 0.326 e. The molecule has 0 aromatic carbocycles. The van der Waals surface area contributed by atoms with Gasteiger partial charge in [-0.1, -0.05) is 19.3 Å². The van der Waals surface area contributed by atoms with E-state index >= 15 is 0 Å². The molecule has 0 radical (unpaired) electrons. The van der Waals surface area contributed by atoms with E-state index in [2.05, 4.69) is 18.7 Å². The molecule has 1 aliphatic heterocycles. The fourth-order valence-corrected chi connectivity index (χ4v) is 3.61. The summed E-state index contributed by atoms with van der Waals surface area (Å²) >= 11 is 0. The second-order valence-corrected chi connectivity index (χ2v) is 5.59. The Morgan fingerprint density at radius 2 is 1.47 bits per heavy atom. The van der Waals surface area contributed by atoms with Crippen molar-refractivity contribution >= 4 is 0 Å². The summed E-state index contributed by atoms with van der Waals surface area (Å²) in [7, 11) is 0. The van der Waals surface area contributed by atoms with Crippen LogP contribution in [0.2, 0.25) is 0 Å². The van der Waals surface area contributed by atoms with Gasteiger partial charge in [0.2, 0.25) is 0 Å². The topological polar surface area (TPSA) is 29.3 Å². The Hall–Kier alpha value is -0.0800. The lowest BCUT2D eigenvalue weighted by Crippen LogP contribution is -2.57. The Morgan fingerprint density at radius 1 is 0.867 bits per heavy atom. The van der Waals surface area contributed by atoms with Crippen LogP contribution in [0.3, 0.4) is 0 Å². The van der Waals surface area contributed by atoms with E-state index < -0.39 is 0 Å². The molecule has 2 N–H and O–H groups in total. The summed E-state index contributed by atoms with van der Waals surface area (Å²) in [6.45, 7) is 4.77. The molecule has 0 aromatic rings. The molecular formula is C13H26N2. The normalized spacial score (nSPS) is 44.2. The Morgan fingerprint density at radius 3 is 2.07 bits per heavy atom. The molecule has 0 aromatic heterocycles. The molecule has 4 unspecified atom stereocenters. The molecule has 2 rings (SSSR count). The van der Waals surface area contributed by atoms with E-state index in [1.807, 2.05) is 0 Å². The molecule has 4 atom stereocenters. The van der Waals surface area contributed by atoms with Crippen LogP contribution >= 0.6 is 0 Å². The molecule has 2 aliphatic rings. The molecule has 0 bridgehead atoms. The summed E-state index contributed by atoms with van der Waals surface area (Å²) in [5.41, 5.74) is 6.29. The van der Waals surface area contributed by atoms with Gasteiger partial charge in [-0.05, 0) is 39.5 Å². The van der Waals surface area contributed by atoms with Crippen molar-refractivity contribution in [1.82, 2.24) is 4.90 Å². The van der Waals surface area contributed by atoms with Crippen LogP contribution in [0.15, 0.2) is 0 Å². The molecule has 1 aliphatic carbocycles. The van der Waals surface area contributed by atoms with Crippen LogP contribution in [-0.4, -0.2) is 29.1 Å². The standard InChI is InChI=1S/C13H26N2/c1-10-6-5-7-11(2)15(10)13-9-4-3-8-12(13)14/h10-13H,3-9,14H2,1-2H3. The molecular weight excluding hydrogens is 184 g/mol. The Labute approximate surface area is 94.2 Å². The first-order chi connectivity index (χ1) is 7.20. The van der Waals surface area contributed by atoms with Crippen molar-refractivity contribution in [2.45, 2.75) is 83.0 Å². The minimum absolute atomic E-state index is 0.432. The van der Waals surface area contributed by atoms with Gasteiger partial charge in [-0.25, -0.2) is 0 Å². The van der Waals surface area contributed by atoms with Gasteiger partial charge in [0.1, 0.15) is 0 Å². The molecule has 1 saturated heterocycles. The third-order valence-electron chi connectivity index (χ3n) is 4.43. The smallest absolute Gasteiger partial charge is 0.0252 e. The predicted octanol–water partition coefficient (Wildman–Crippen LogP) is 2.52. The Kier molecular flexibility index (Phi) is 3.68. The van der Waals surface area contributed by atoms with Gasteiger partial charge in [-0.3, -0.25) is 4.90 Å². The van der Waals surface area contributed by atoms with Gasteiger partial charge >= 0.3 is 0 Å². The second kappa shape index (κ2) is 4.84. The molecule has 88 valence electrons. The highest BCUT2D eigenvalue weighted by molar-refractivity contribution is 4.92. The van der Waals surface area contributed by atoms with Crippen LogP contribution in [0.1, 0.15) is 58.8 Å². The number of nitrogens with two attached hydrogens (primary N) is 1. The fraction of sp³-hybridized carbons (Fsp3) is 1.00. The van der Waals surface area contributed by atoms with Gasteiger partial charge in [0, 0.05) is 24.2 Å². The summed E-state index contributed by atoms with van der Waals surface area (Å²) in [5.74, 6) is 0. The van der Waals surface area contributed by atoms with E-state index in [0.717, 1.165) is 12.1 Å². The van der Waals surface area contributed by atoms with E-state index in [1.165, 1.54) is 44.9 Å². The Bertz CT molecular complexity index is 195. The van der Waals surface area contributed by atoms with Crippen LogP contribution in [0.5, 0.6) is 0 Å². The van der Waals surface area contributed by atoms with Crippen molar-refractivity contribution in [2.24, 2.45) is 5.73 Å². The average molecular weight is 210 g/mol. The van der Waals surface area contributed by atoms with E-state index in [9.17, 15) is 0 Å². The van der Waals surface area contributed by atoms with Crippen molar-refractivity contribution in [3.63, 3.8) is 0 Å². The summed E-state index contributed by atoms with van der Waals surface area (Å²) in [4.78, 5) is 2.73. The van der Waals surface area contributed by atoms with Crippen molar-refractivity contribution in [3.8, 4) is 0 Å². The van der Waals surface area contributed by atoms with Crippen molar-refractivity contribution in [3.05, 3.63) is 0 Å². The minimum Gasteiger partial charge on any atom is -0.326 e. The van der Waals surface area contributed by atoms with Gasteiger partial charge in [0.25, 0.3) is 0 Å². The number of piperidine rings is 1. The van der Waals surface area contributed by atoms with Crippen molar-refractivity contribution in [1.29, 1.82) is 0 Å². The van der Waals surface area contributed by atoms with Gasteiger partial charge in [0.05, 0.1) is 0 Å². The van der Waals surface area contributed by atoms with Crippen LogP contribution < -0.4 is 5.73 Å². The van der Waals surface area contributed by atoms with Crippen LogP contribution in [-0.2, 0) is 0 Å². The number of likely N-dealkylation sites (tertiary alicyclic amines) is 1. The van der Waals surface area contributed by atoms with Crippen molar-refractivity contribution < 1.29 is 0 Å². The van der Waals surface area contributed by atoms with Crippen molar-refractivity contribution in [2.75, 3.05) is 0 Å². The van der Waals surface area contributed by atoms with Crippen LogP contribution in [0.25, 0.3) is 0 Å².